The minimum atomic E-state index is 1.01. The molecule has 0 spiro atoms. The fourth-order valence-electron chi connectivity index (χ4n) is 2.42. The highest BCUT2D eigenvalue weighted by atomic mass is 14.9. The van der Waals surface area contributed by atoms with Gasteiger partial charge < -0.3 is 5.32 Å². The largest absolute Gasteiger partial charge is 0.359 e. The van der Waals surface area contributed by atoms with Gasteiger partial charge in [0.1, 0.15) is 0 Å². The fourth-order valence-corrected chi connectivity index (χ4v) is 2.42. The van der Waals surface area contributed by atoms with E-state index >= 15 is 0 Å². The summed E-state index contributed by atoms with van der Waals surface area (Å²) in [6.07, 6.45) is 13.8. The normalized spacial score (nSPS) is 16.6. The number of hydrogen-bond donors (Lipinski definition) is 1. The van der Waals surface area contributed by atoms with Gasteiger partial charge in [0, 0.05) is 11.4 Å². The van der Waals surface area contributed by atoms with Crippen LogP contribution in [0.25, 0.3) is 10.8 Å². The molecule has 0 bridgehead atoms. The lowest BCUT2D eigenvalue weighted by Gasteiger charge is -2.08. The molecule has 1 aliphatic rings. The van der Waals surface area contributed by atoms with Gasteiger partial charge in [0.15, 0.2) is 0 Å². The molecule has 2 aromatic rings. The van der Waals surface area contributed by atoms with E-state index < -0.39 is 0 Å². The van der Waals surface area contributed by atoms with Gasteiger partial charge in [-0.15, -0.1) is 0 Å². The van der Waals surface area contributed by atoms with Crippen LogP contribution in [-0.4, -0.2) is 0 Å². The molecule has 3 rings (SSSR count). The van der Waals surface area contributed by atoms with E-state index in [-0.39, 0.29) is 0 Å². The van der Waals surface area contributed by atoms with Crippen LogP contribution in [0, 0.1) is 0 Å². The van der Waals surface area contributed by atoms with E-state index in [4.69, 9.17) is 0 Å². The van der Waals surface area contributed by atoms with Gasteiger partial charge in [-0.25, -0.2) is 0 Å². The van der Waals surface area contributed by atoms with Crippen molar-refractivity contribution in [3.8, 4) is 0 Å². The summed E-state index contributed by atoms with van der Waals surface area (Å²) in [7, 11) is 0. The van der Waals surface area contributed by atoms with Crippen LogP contribution in [0.2, 0.25) is 0 Å². The molecule has 0 saturated carbocycles. The topological polar surface area (TPSA) is 12.0 Å². The van der Waals surface area contributed by atoms with Crippen molar-refractivity contribution in [3.63, 3.8) is 0 Å². The highest BCUT2D eigenvalue weighted by molar-refractivity contribution is 5.85. The maximum Gasteiger partial charge on any atom is 0.0388 e. The summed E-state index contributed by atoms with van der Waals surface area (Å²) in [4.78, 5) is 0. The first kappa shape index (κ1) is 13.4. The van der Waals surface area contributed by atoms with Gasteiger partial charge in [-0.05, 0) is 47.9 Å². The molecule has 0 atom stereocenters. The number of hydrogen-bond acceptors (Lipinski definition) is 1. The monoisotopic (exact) mass is 273 g/mol. The molecule has 0 aromatic heterocycles. The molecule has 21 heavy (non-hydrogen) atoms. The van der Waals surface area contributed by atoms with E-state index in [1.54, 1.807) is 0 Å². The molecule has 0 fully saturated rings. The Bertz CT molecular complexity index is 760. The molecule has 0 aliphatic heterocycles. The highest BCUT2D eigenvalue weighted by Gasteiger charge is 1.96. The highest BCUT2D eigenvalue weighted by Crippen LogP contribution is 2.20. The number of rotatable bonds is 3. The Hall–Kier alpha value is -2.54. The molecule has 104 valence electrons. The molecular formula is C20H19N. The van der Waals surface area contributed by atoms with Gasteiger partial charge in [-0.1, -0.05) is 60.7 Å². The molecule has 2 aromatic carbocycles. The minimum Gasteiger partial charge on any atom is -0.359 e. The third-order valence-electron chi connectivity index (χ3n) is 3.55. The van der Waals surface area contributed by atoms with Crippen molar-refractivity contribution in [2.24, 2.45) is 0 Å². The summed E-state index contributed by atoms with van der Waals surface area (Å²) < 4.78 is 0. The predicted molar refractivity (Wildman–Crippen MR) is 92.3 cm³/mol. The predicted octanol–water partition coefficient (Wildman–Crippen LogP) is 5.60. The first-order chi connectivity index (χ1) is 10.3. The molecule has 1 N–H and O–H groups in total. The standard InChI is InChI=1S/C20H19N/c1-16(11-12-17-7-3-2-4-8-17)21-20-14-13-18-9-5-6-10-19(18)15-20/h2-7,9-15,21H,8H2,1H3/b16-11+,17-12-. The molecule has 0 amide bonds. The quantitative estimate of drug-likeness (QED) is 0.767. The van der Waals surface area contributed by atoms with Crippen LogP contribution < -0.4 is 5.32 Å². The van der Waals surface area contributed by atoms with E-state index in [1.165, 1.54) is 16.3 Å². The molecule has 0 radical (unpaired) electrons. The van der Waals surface area contributed by atoms with Gasteiger partial charge in [0.25, 0.3) is 0 Å². The van der Waals surface area contributed by atoms with Gasteiger partial charge in [0.2, 0.25) is 0 Å². The van der Waals surface area contributed by atoms with Crippen molar-refractivity contribution in [1.82, 2.24) is 0 Å². The van der Waals surface area contributed by atoms with Gasteiger partial charge in [-0.3, -0.25) is 0 Å². The summed E-state index contributed by atoms with van der Waals surface area (Å²) in [6, 6.07) is 14.9. The first-order valence-corrected chi connectivity index (χ1v) is 7.28. The van der Waals surface area contributed by atoms with Gasteiger partial charge in [0.05, 0.1) is 0 Å². The molecule has 1 heteroatoms. The first-order valence-electron chi connectivity index (χ1n) is 7.28. The van der Waals surface area contributed by atoms with Crippen molar-refractivity contribution in [2.45, 2.75) is 13.3 Å². The van der Waals surface area contributed by atoms with Crippen LogP contribution in [-0.2, 0) is 0 Å². The average Bonchev–Trinajstić information content (AvgIpc) is 2.54. The maximum absolute atomic E-state index is 3.45. The third-order valence-corrected chi connectivity index (χ3v) is 3.55. The molecule has 1 aliphatic carbocycles. The third kappa shape index (κ3) is 3.51. The van der Waals surface area contributed by atoms with Gasteiger partial charge >= 0.3 is 0 Å². The molecule has 0 saturated heterocycles. The van der Waals surface area contributed by atoms with E-state index in [0.717, 1.165) is 17.8 Å². The van der Waals surface area contributed by atoms with Crippen LogP contribution in [0.5, 0.6) is 0 Å². The SMILES string of the molecule is C/C(=C\C=C1\C=CC=CC1)Nc1ccc2ccccc2c1. The second-order valence-electron chi connectivity index (χ2n) is 5.27. The zero-order valence-electron chi connectivity index (χ0n) is 12.2. The Balaban J connectivity index is 1.75. The molecular weight excluding hydrogens is 254 g/mol. The Morgan fingerprint density at radius 2 is 1.90 bits per heavy atom. The summed E-state index contributed by atoms with van der Waals surface area (Å²) in [6.45, 7) is 2.09. The van der Waals surface area contributed by atoms with Crippen LogP contribution >= 0.6 is 0 Å². The van der Waals surface area contributed by atoms with Crippen LogP contribution in [0.4, 0.5) is 5.69 Å². The molecule has 1 nitrogen and oxygen atoms in total. The lowest BCUT2D eigenvalue weighted by atomic mass is 10.1. The summed E-state index contributed by atoms with van der Waals surface area (Å²) in [5.41, 5.74) is 3.60. The molecule has 0 heterocycles. The van der Waals surface area contributed by atoms with Crippen LogP contribution in [0.1, 0.15) is 13.3 Å². The minimum absolute atomic E-state index is 1.01. The van der Waals surface area contributed by atoms with E-state index in [2.05, 4.69) is 91.2 Å². The lowest BCUT2D eigenvalue weighted by Crippen LogP contribution is -1.95. The number of benzene rings is 2. The van der Waals surface area contributed by atoms with Gasteiger partial charge in [-0.2, -0.15) is 0 Å². The Morgan fingerprint density at radius 3 is 2.71 bits per heavy atom. The van der Waals surface area contributed by atoms with Crippen LogP contribution in [0.15, 0.2) is 90.2 Å². The fraction of sp³-hybridized carbons (Fsp3) is 0.100. The van der Waals surface area contributed by atoms with E-state index in [9.17, 15) is 0 Å². The zero-order valence-corrected chi connectivity index (χ0v) is 12.2. The second-order valence-corrected chi connectivity index (χ2v) is 5.27. The Kier molecular flexibility index (Phi) is 4.02. The summed E-state index contributed by atoms with van der Waals surface area (Å²) in [5, 5.41) is 5.98. The van der Waals surface area contributed by atoms with Crippen molar-refractivity contribution in [2.75, 3.05) is 5.32 Å². The van der Waals surface area contributed by atoms with Crippen molar-refractivity contribution >= 4 is 16.5 Å². The number of anilines is 1. The number of fused-ring (bicyclic) bond motifs is 1. The van der Waals surface area contributed by atoms with E-state index in [1.807, 2.05) is 0 Å². The molecule has 0 unspecified atom stereocenters. The summed E-state index contributed by atoms with van der Waals surface area (Å²) >= 11 is 0. The smallest absolute Gasteiger partial charge is 0.0388 e. The Labute approximate surface area is 126 Å². The average molecular weight is 273 g/mol. The van der Waals surface area contributed by atoms with Crippen molar-refractivity contribution in [1.29, 1.82) is 0 Å². The van der Waals surface area contributed by atoms with Crippen molar-refractivity contribution < 1.29 is 0 Å². The maximum atomic E-state index is 3.45. The lowest BCUT2D eigenvalue weighted by molar-refractivity contribution is 1.26. The van der Waals surface area contributed by atoms with Crippen molar-refractivity contribution in [3.05, 3.63) is 90.2 Å². The Morgan fingerprint density at radius 1 is 1.05 bits per heavy atom. The number of nitrogens with one attached hydrogen (secondary N) is 1. The van der Waals surface area contributed by atoms with Crippen LogP contribution in [0.3, 0.4) is 0 Å². The number of allylic oxidation sites excluding steroid dienone is 8. The summed E-state index contributed by atoms with van der Waals surface area (Å²) in [5.74, 6) is 0. The second kappa shape index (κ2) is 6.27. The zero-order chi connectivity index (χ0) is 14.5. The van der Waals surface area contributed by atoms with E-state index in [0.29, 0.717) is 0 Å².